The number of amides is 1. The molecule has 0 radical (unpaired) electrons. The summed E-state index contributed by atoms with van der Waals surface area (Å²) in [6.45, 7) is 0.898. The zero-order valence-electron chi connectivity index (χ0n) is 11.5. The van der Waals surface area contributed by atoms with Crippen LogP contribution < -0.4 is 5.32 Å². The van der Waals surface area contributed by atoms with Gasteiger partial charge < -0.3 is 15.3 Å². The lowest BCUT2D eigenvalue weighted by atomic mass is 10.0. The average Bonchev–Trinajstić information content (AvgIpc) is 2.97. The van der Waals surface area contributed by atoms with Crippen molar-refractivity contribution in [3.05, 3.63) is 0 Å². The van der Waals surface area contributed by atoms with E-state index in [0.29, 0.717) is 19.1 Å². The first-order valence-electron chi connectivity index (χ1n) is 7.29. The highest BCUT2D eigenvalue weighted by Gasteiger charge is 2.33. The lowest BCUT2D eigenvalue weighted by molar-refractivity contribution is -0.132. The molecular weight excluding hydrogens is 228 g/mol. The van der Waals surface area contributed by atoms with Crippen LogP contribution in [0.2, 0.25) is 0 Å². The first-order chi connectivity index (χ1) is 8.59. The number of carbonyl (C=O) groups excluding carboxylic acids is 1. The zero-order chi connectivity index (χ0) is 13.0. The number of aliphatic hydroxyl groups is 1. The molecule has 1 amide bonds. The summed E-state index contributed by atoms with van der Waals surface area (Å²) >= 11 is 0. The zero-order valence-corrected chi connectivity index (χ0v) is 11.5. The fourth-order valence-corrected chi connectivity index (χ4v) is 3.22. The van der Waals surface area contributed by atoms with Crippen LogP contribution in [0.3, 0.4) is 0 Å². The highest BCUT2D eigenvalue weighted by Crippen LogP contribution is 2.29. The van der Waals surface area contributed by atoms with E-state index in [2.05, 4.69) is 5.32 Å². The van der Waals surface area contributed by atoms with E-state index < -0.39 is 5.60 Å². The number of nitrogens with one attached hydrogen (secondary N) is 1. The second kappa shape index (κ2) is 6.02. The minimum absolute atomic E-state index is 0.0993. The summed E-state index contributed by atoms with van der Waals surface area (Å²) < 4.78 is 0. The van der Waals surface area contributed by atoms with Gasteiger partial charge in [0.2, 0.25) is 5.91 Å². The molecule has 18 heavy (non-hydrogen) atoms. The Labute approximate surface area is 110 Å². The normalized spacial score (nSPS) is 23.4. The number of nitrogens with zero attached hydrogens (tertiary/aromatic N) is 1. The van der Waals surface area contributed by atoms with E-state index in [1.807, 2.05) is 0 Å². The van der Waals surface area contributed by atoms with Crippen LogP contribution in [0.1, 0.15) is 51.4 Å². The number of hydrogen-bond donors (Lipinski definition) is 2. The molecular formula is C14H26N2O2. The van der Waals surface area contributed by atoms with Crippen molar-refractivity contribution in [1.82, 2.24) is 10.2 Å². The largest absolute Gasteiger partial charge is 0.388 e. The molecule has 0 saturated heterocycles. The van der Waals surface area contributed by atoms with Gasteiger partial charge in [0, 0.05) is 19.6 Å². The smallest absolute Gasteiger partial charge is 0.236 e. The number of rotatable bonds is 5. The van der Waals surface area contributed by atoms with Crippen molar-refractivity contribution in [1.29, 1.82) is 0 Å². The van der Waals surface area contributed by atoms with E-state index in [1.165, 1.54) is 25.7 Å². The van der Waals surface area contributed by atoms with Gasteiger partial charge in [-0.25, -0.2) is 0 Å². The molecule has 2 rings (SSSR count). The monoisotopic (exact) mass is 254 g/mol. The predicted molar refractivity (Wildman–Crippen MR) is 71.3 cm³/mol. The third-order valence-electron chi connectivity index (χ3n) is 4.39. The van der Waals surface area contributed by atoms with Gasteiger partial charge >= 0.3 is 0 Å². The van der Waals surface area contributed by atoms with Crippen LogP contribution in [-0.4, -0.2) is 47.7 Å². The molecule has 2 fully saturated rings. The Morgan fingerprint density at radius 1 is 1.28 bits per heavy atom. The summed E-state index contributed by atoms with van der Waals surface area (Å²) in [6.07, 6.45) is 8.78. The highest BCUT2D eigenvalue weighted by molar-refractivity contribution is 5.78. The maximum Gasteiger partial charge on any atom is 0.236 e. The van der Waals surface area contributed by atoms with Crippen LogP contribution in [0.15, 0.2) is 0 Å². The molecule has 2 aliphatic carbocycles. The molecule has 0 aromatic heterocycles. The van der Waals surface area contributed by atoms with Crippen LogP contribution >= 0.6 is 0 Å². The van der Waals surface area contributed by atoms with E-state index in [-0.39, 0.29) is 5.91 Å². The minimum atomic E-state index is -0.627. The van der Waals surface area contributed by atoms with Crippen LogP contribution in [0, 0.1) is 0 Å². The van der Waals surface area contributed by atoms with E-state index >= 15 is 0 Å². The summed E-state index contributed by atoms with van der Waals surface area (Å²) in [6, 6.07) is 0.525. The molecule has 0 aliphatic heterocycles. The van der Waals surface area contributed by atoms with Crippen LogP contribution in [0.25, 0.3) is 0 Å². The Morgan fingerprint density at radius 3 is 2.50 bits per heavy atom. The fraction of sp³-hybridized carbons (Fsp3) is 0.929. The highest BCUT2D eigenvalue weighted by atomic mass is 16.3. The van der Waals surface area contributed by atoms with Crippen molar-refractivity contribution in [2.75, 3.05) is 20.1 Å². The molecule has 2 saturated carbocycles. The second-order valence-electron chi connectivity index (χ2n) is 6.04. The van der Waals surface area contributed by atoms with Gasteiger partial charge in [-0.1, -0.05) is 25.7 Å². The molecule has 104 valence electrons. The second-order valence-corrected chi connectivity index (χ2v) is 6.04. The van der Waals surface area contributed by atoms with Crippen LogP contribution in [-0.2, 0) is 4.79 Å². The van der Waals surface area contributed by atoms with Crippen LogP contribution in [0.5, 0.6) is 0 Å². The summed E-state index contributed by atoms with van der Waals surface area (Å²) in [5.74, 6) is 0.0993. The fourth-order valence-electron chi connectivity index (χ4n) is 3.22. The predicted octanol–water partition coefficient (Wildman–Crippen LogP) is 1.28. The summed E-state index contributed by atoms with van der Waals surface area (Å²) in [7, 11) is 1.80. The van der Waals surface area contributed by atoms with Crippen molar-refractivity contribution >= 4 is 5.91 Å². The maximum absolute atomic E-state index is 12.0. The van der Waals surface area contributed by atoms with E-state index in [4.69, 9.17) is 0 Å². The van der Waals surface area contributed by atoms with Gasteiger partial charge in [0.05, 0.1) is 12.1 Å². The topological polar surface area (TPSA) is 52.6 Å². The Morgan fingerprint density at radius 2 is 1.89 bits per heavy atom. The van der Waals surface area contributed by atoms with E-state index in [0.717, 1.165) is 25.7 Å². The molecule has 0 unspecified atom stereocenters. The van der Waals surface area contributed by atoms with Gasteiger partial charge in [0.1, 0.15) is 0 Å². The number of carbonyl (C=O) groups is 1. The first-order valence-corrected chi connectivity index (χ1v) is 7.29. The standard InChI is InChI=1S/C14H26N2O2/c1-16(11-14(18)8-4-5-9-14)13(17)10-15-12-6-2-3-7-12/h12,15,18H,2-11H2,1H3. The van der Waals surface area contributed by atoms with E-state index in [1.54, 1.807) is 11.9 Å². The third kappa shape index (κ3) is 3.69. The lowest BCUT2D eigenvalue weighted by Crippen LogP contribution is -2.46. The van der Waals surface area contributed by atoms with Crippen molar-refractivity contribution < 1.29 is 9.90 Å². The number of hydrogen-bond acceptors (Lipinski definition) is 3. The summed E-state index contributed by atoms with van der Waals surface area (Å²) in [5, 5.41) is 13.6. The Bertz CT molecular complexity index is 282. The Balaban J connectivity index is 1.70. The third-order valence-corrected chi connectivity index (χ3v) is 4.39. The van der Waals surface area contributed by atoms with Gasteiger partial charge in [0.15, 0.2) is 0 Å². The van der Waals surface area contributed by atoms with Crippen LogP contribution in [0.4, 0.5) is 0 Å². The molecule has 0 aromatic carbocycles. The van der Waals surface area contributed by atoms with Gasteiger partial charge in [-0.3, -0.25) is 4.79 Å². The molecule has 0 atom stereocenters. The molecule has 2 aliphatic rings. The molecule has 0 heterocycles. The molecule has 4 nitrogen and oxygen atoms in total. The van der Waals surface area contributed by atoms with Crippen molar-refractivity contribution in [3.8, 4) is 0 Å². The van der Waals surface area contributed by atoms with Gasteiger partial charge in [-0.15, -0.1) is 0 Å². The van der Waals surface area contributed by atoms with Crippen molar-refractivity contribution in [2.45, 2.75) is 63.0 Å². The Hall–Kier alpha value is -0.610. The summed E-state index contributed by atoms with van der Waals surface area (Å²) in [4.78, 5) is 13.7. The van der Waals surface area contributed by atoms with Gasteiger partial charge in [-0.2, -0.15) is 0 Å². The maximum atomic E-state index is 12.0. The van der Waals surface area contributed by atoms with Crippen molar-refractivity contribution in [3.63, 3.8) is 0 Å². The molecule has 2 N–H and O–H groups in total. The molecule has 0 bridgehead atoms. The Kier molecular flexibility index (Phi) is 4.62. The van der Waals surface area contributed by atoms with Gasteiger partial charge in [0.25, 0.3) is 0 Å². The van der Waals surface area contributed by atoms with Crippen molar-refractivity contribution in [2.24, 2.45) is 0 Å². The number of likely N-dealkylation sites (N-methyl/N-ethyl adjacent to an activating group) is 1. The average molecular weight is 254 g/mol. The first kappa shape index (κ1) is 13.8. The van der Waals surface area contributed by atoms with E-state index in [9.17, 15) is 9.90 Å². The minimum Gasteiger partial charge on any atom is -0.388 e. The summed E-state index contributed by atoms with van der Waals surface area (Å²) in [5.41, 5.74) is -0.627. The molecule has 0 spiro atoms. The lowest BCUT2D eigenvalue weighted by Gasteiger charge is -2.29. The quantitative estimate of drug-likeness (QED) is 0.777. The SMILES string of the molecule is CN(CC1(O)CCCC1)C(=O)CNC1CCCC1. The van der Waals surface area contributed by atoms with Gasteiger partial charge in [-0.05, 0) is 25.7 Å². The molecule has 0 aromatic rings. The molecule has 4 heteroatoms.